The average molecular weight is 542 g/mol. The number of rotatable bonds is 6. The number of carbonyl (C=O) groups is 3. The van der Waals surface area contributed by atoms with Gasteiger partial charge in [0.15, 0.2) is 11.5 Å². The summed E-state index contributed by atoms with van der Waals surface area (Å²) < 4.78 is 24.5. The Balaban J connectivity index is 1.56. The lowest BCUT2D eigenvalue weighted by Gasteiger charge is -2.13. The fraction of sp³-hybridized carbons (Fsp3) is 0.0800. The van der Waals surface area contributed by atoms with E-state index in [-0.39, 0.29) is 22.9 Å². The van der Waals surface area contributed by atoms with Crippen molar-refractivity contribution >= 4 is 50.9 Å². The van der Waals surface area contributed by atoms with E-state index in [0.717, 1.165) is 16.7 Å². The van der Waals surface area contributed by atoms with Crippen LogP contribution in [0.15, 0.2) is 76.1 Å². The van der Waals surface area contributed by atoms with Crippen LogP contribution in [0.1, 0.15) is 21.5 Å². The first kappa shape index (κ1) is 23.7. The molecule has 0 atom stereocenters. The first-order valence-electron chi connectivity index (χ1n) is 10.0. The van der Waals surface area contributed by atoms with Crippen molar-refractivity contribution in [2.75, 3.05) is 7.11 Å². The van der Waals surface area contributed by atoms with Crippen molar-refractivity contribution in [3.63, 3.8) is 0 Å². The topological polar surface area (TPSA) is 72.9 Å². The monoisotopic (exact) mass is 541 g/mol. The second-order valence-corrected chi connectivity index (χ2v) is 9.03. The summed E-state index contributed by atoms with van der Waals surface area (Å²) in [5.74, 6) is -0.924. The lowest BCUT2D eigenvalue weighted by Crippen LogP contribution is -2.27. The van der Waals surface area contributed by atoms with Crippen LogP contribution >= 0.6 is 27.7 Å². The van der Waals surface area contributed by atoms with E-state index >= 15 is 0 Å². The fourth-order valence-electron chi connectivity index (χ4n) is 3.21. The van der Waals surface area contributed by atoms with E-state index in [2.05, 4.69) is 15.9 Å². The maximum Gasteiger partial charge on any atom is 0.343 e. The van der Waals surface area contributed by atoms with Gasteiger partial charge in [0.25, 0.3) is 11.1 Å². The number of hydrogen-bond donors (Lipinski definition) is 0. The number of imide groups is 1. The van der Waals surface area contributed by atoms with Crippen LogP contribution in [0.3, 0.4) is 0 Å². The third kappa shape index (κ3) is 5.21. The smallest absolute Gasteiger partial charge is 0.343 e. The van der Waals surface area contributed by atoms with Crippen molar-refractivity contribution in [3.05, 3.63) is 98.6 Å². The highest BCUT2D eigenvalue weighted by Crippen LogP contribution is 2.39. The van der Waals surface area contributed by atoms with Gasteiger partial charge in [-0.05, 0) is 81.3 Å². The minimum absolute atomic E-state index is 0.0453. The molecule has 0 saturated carbocycles. The van der Waals surface area contributed by atoms with Gasteiger partial charge in [0.05, 0.1) is 28.6 Å². The number of nitrogens with zero attached hydrogens (tertiary/aromatic N) is 1. The van der Waals surface area contributed by atoms with Gasteiger partial charge in [-0.3, -0.25) is 14.5 Å². The molecule has 6 nitrogen and oxygen atoms in total. The van der Waals surface area contributed by atoms with Crippen molar-refractivity contribution in [1.29, 1.82) is 0 Å². The summed E-state index contributed by atoms with van der Waals surface area (Å²) in [6.07, 6.45) is 1.56. The second-order valence-electron chi connectivity index (χ2n) is 7.18. The Morgan fingerprint density at radius 2 is 1.79 bits per heavy atom. The first-order chi connectivity index (χ1) is 16.4. The van der Waals surface area contributed by atoms with Gasteiger partial charge in [0.1, 0.15) is 5.82 Å². The lowest BCUT2D eigenvalue weighted by molar-refractivity contribution is -0.123. The zero-order chi connectivity index (χ0) is 24.2. The van der Waals surface area contributed by atoms with Crippen LogP contribution in [0.5, 0.6) is 11.5 Å². The molecular formula is C25H17BrFNO5S. The van der Waals surface area contributed by atoms with Gasteiger partial charge in [-0.25, -0.2) is 9.18 Å². The Labute approximate surface area is 207 Å². The molecule has 34 heavy (non-hydrogen) atoms. The molecular weight excluding hydrogens is 525 g/mol. The van der Waals surface area contributed by atoms with Crippen LogP contribution in [-0.2, 0) is 11.3 Å². The van der Waals surface area contributed by atoms with Gasteiger partial charge < -0.3 is 9.47 Å². The summed E-state index contributed by atoms with van der Waals surface area (Å²) in [6.45, 7) is 0.0453. The number of halogens is 2. The summed E-state index contributed by atoms with van der Waals surface area (Å²) in [5, 5.41) is -0.417. The summed E-state index contributed by atoms with van der Waals surface area (Å²) in [7, 11) is 1.43. The molecule has 1 aliphatic rings. The Morgan fingerprint density at radius 1 is 1.09 bits per heavy atom. The van der Waals surface area contributed by atoms with Crippen LogP contribution in [0, 0.1) is 5.82 Å². The molecule has 0 radical (unpaired) electrons. The second kappa shape index (κ2) is 10.2. The number of methoxy groups -OCH3 is 1. The SMILES string of the molecule is COc1cc(/C=C2\SC(=O)N(Cc3ccc(F)cc3)C2=O)cc(Br)c1OC(=O)c1ccccc1. The van der Waals surface area contributed by atoms with Crippen molar-refractivity contribution < 1.29 is 28.2 Å². The zero-order valence-corrected chi connectivity index (χ0v) is 20.2. The summed E-state index contributed by atoms with van der Waals surface area (Å²) in [5.41, 5.74) is 1.59. The standard InChI is InChI=1S/C25H17BrFNO5S/c1-32-20-12-16(11-19(26)22(20)33-24(30)17-5-3-2-4-6-17)13-21-23(29)28(25(31)34-21)14-15-7-9-18(27)10-8-15/h2-13H,14H2,1H3/b21-13-. The maximum absolute atomic E-state index is 13.1. The number of benzene rings is 3. The van der Waals surface area contributed by atoms with Crippen LogP contribution in [-0.4, -0.2) is 29.1 Å². The molecule has 3 aromatic rings. The minimum Gasteiger partial charge on any atom is -0.493 e. The van der Waals surface area contributed by atoms with E-state index in [1.54, 1.807) is 48.5 Å². The number of esters is 1. The molecule has 0 aliphatic carbocycles. The van der Waals surface area contributed by atoms with Crippen molar-refractivity contribution in [3.8, 4) is 11.5 Å². The Kier molecular flexibility index (Phi) is 7.14. The summed E-state index contributed by atoms with van der Waals surface area (Å²) >= 11 is 4.21. The largest absolute Gasteiger partial charge is 0.493 e. The van der Waals surface area contributed by atoms with Gasteiger partial charge in [0, 0.05) is 0 Å². The molecule has 9 heteroatoms. The van der Waals surface area contributed by atoms with Crippen LogP contribution in [0.4, 0.5) is 9.18 Å². The molecule has 0 bridgehead atoms. The highest BCUT2D eigenvalue weighted by molar-refractivity contribution is 9.10. The third-order valence-corrected chi connectivity index (χ3v) is 6.38. The van der Waals surface area contributed by atoms with Gasteiger partial charge in [-0.2, -0.15) is 0 Å². The molecule has 1 heterocycles. The van der Waals surface area contributed by atoms with Gasteiger partial charge in [-0.1, -0.05) is 30.3 Å². The Morgan fingerprint density at radius 3 is 2.47 bits per heavy atom. The molecule has 2 amide bonds. The molecule has 172 valence electrons. The predicted octanol–water partition coefficient (Wildman–Crippen LogP) is 6.05. The minimum atomic E-state index is -0.547. The lowest BCUT2D eigenvalue weighted by atomic mass is 10.1. The van der Waals surface area contributed by atoms with E-state index in [9.17, 15) is 18.8 Å². The zero-order valence-electron chi connectivity index (χ0n) is 17.8. The van der Waals surface area contributed by atoms with E-state index in [1.165, 1.54) is 31.4 Å². The number of thioether (sulfide) groups is 1. The van der Waals surface area contributed by atoms with Crippen LogP contribution in [0.2, 0.25) is 0 Å². The van der Waals surface area contributed by atoms with E-state index < -0.39 is 22.9 Å². The molecule has 0 N–H and O–H groups in total. The number of carbonyl (C=O) groups excluding carboxylic acids is 3. The summed E-state index contributed by atoms with van der Waals surface area (Å²) in [4.78, 5) is 39.0. The highest BCUT2D eigenvalue weighted by Gasteiger charge is 2.35. The molecule has 1 aliphatic heterocycles. The molecule has 0 unspecified atom stereocenters. The van der Waals surface area contributed by atoms with E-state index in [4.69, 9.17) is 9.47 Å². The highest BCUT2D eigenvalue weighted by atomic mass is 79.9. The van der Waals surface area contributed by atoms with Gasteiger partial charge in [-0.15, -0.1) is 0 Å². The van der Waals surface area contributed by atoms with E-state index in [1.807, 2.05) is 0 Å². The summed E-state index contributed by atoms with van der Waals surface area (Å²) in [6, 6.07) is 17.4. The Bertz CT molecular complexity index is 1290. The Hall–Kier alpha value is -3.43. The van der Waals surface area contributed by atoms with Crippen LogP contribution in [0.25, 0.3) is 6.08 Å². The molecule has 0 aromatic heterocycles. The number of ether oxygens (including phenoxy) is 2. The van der Waals surface area contributed by atoms with Crippen LogP contribution < -0.4 is 9.47 Å². The maximum atomic E-state index is 13.1. The van der Waals surface area contributed by atoms with Crippen molar-refractivity contribution in [1.82, 2.24) is 4.90 Å². The molecule has 1 saturated heterocycles. The molecule has 1 fully saturated rings. The molecule has 4 rings (SSSR count). The quantitative estimate of drug-likeness (QED) is 0.215. The van der Waals surface area contributed by atoms with Crippen molar-refractivity contribution in [2.45, 2.75) is 6.54 Å². The predicted molar refractivity (Wildman–Crippen MR) is 130 cm³/mol. The van der Waals surface area contributed by atoms with Gasteiger partial charge in [0.2, 0.25) is 0 Å². The van der Waals surface area contributed by atoms with E-state index in [0.29, 0.717) is 21.2 Å². The third-order valence-electron chi connectivity index (χ3n) is 4.88. The van der Waals surface area contributed by atoms with Crippen molar-refractivity contribution in [2.24, 2.45) is 0 Å². The normalized spacial score (nSPS) is 14.6. The average Bonchev–Trinajstić information content (AvgIpc) is 3.09. The number of amides is 2. The molecule has 0 spiro atoms. The number of hydrogen-bond acceptors (Lipinski definition) is 6. The fourth-order valence-corrected chi connectivity index (χ4v) is 4.59. The van der Waals surface area contributed by atoms with Gasteiger partial charge >= 0.3 is 5.97 Å². The first-order valence-corrected chi connectivity index (χ1v) is 11.6. The molecule has 3 aromatic carbocycles.